The highest BCUT2D eigenvalue weighted by molar-refractivity contribution is 6.30. The maximum Gasteiger partial charge on any atom is 0.139 e. The first-order valence-electron chi connectivity index (χ1n) is 6.36. The molecule has 0 radical (unpaired) electrons. The molecule has 1 saturated carbocycles. The Hall–Kier alpha value is -0.840. The Morgan fingerprint density at radius 3 is 2.94 bits per heavy atom. The van der Waals surface area contributed by atoms with Crippen molar-refractivity contribution in [2.75, 3.05) is 13.2 Å². The van der Waals surface area contributed by atoms with Gasteiger partial charge in [-0.15, -0.1) is 0 Å². The minimum atomic E-state index is 0.0780. The summed E-state index contributed by atoms with van der Waals surface area (Å²) in [6, 6.07) is 2.16. The number of hydrogen-bond acceptors (Lipinski definition) is 4. The number of aromatic nitrogens is 1. The Bertz CT molecular complexity index is 389. The lowest BCUT2D eigenvalue weighted by Gasteiger charge is -2.44. The molecule has 1 heterocycles. The molecule has 2 rings (SSSR count). The number of halogens is 1. The number of likely N-dealkylation sites (N-methyl/N-ethyl adjacent to an activating group) is 1. The number of ether oxygens (including phenoxy) is 2. The zero-order chi connectivity index (χ0) is 13.0. The molecular formula is C13H19ClN2O2. The van der Waals surface area contributed by atoms with E-state index in [-0.39, 0.29) is 12.2 Å². The van der Waals surface area contributed by atoms with Crippen LogP contribution in [0.1, 0.15) is 20.3 Å². The van der Waals surface area contributed by atoms with Gasteiger partial charge in [0.1, 0.15) is 18.0 Å². The van der Waals surface area contributed by atoms with Crippen molar-refractivity contribution in [2.45, 2.75) is 38.5 Å². The van der Waals surface area contributed by atoms with E-state index in [0.29, 0.717) is 23.4 Å². The Kier molecular flexibility index (Phi) is 4.80. The Balaban J connectivity index is 1.93. The monoisotopic (exact) mass is 270 g/mol. The van der Waals surface area contributed by atoms with Crippen LogP contribution < -0.4 is 10.1 Å². The second kappa shape index (κ2) is 6.36. The molecule has 4 nitrogen and oxygen atoms in total. The van der Waals surface area contributed by atoms with Crippen LogP contribution >= 0.6 is 11.6 Å². The van der Waals surface area contributed by atoms with Gasteiger partial charge in [0.05, 0.1) is 11.2 Å². The van der Waals surface area contributed by atoms with Crippen LogP contribution in [-0.4, -0.2) is 36.4 Å². The Labute approximate surface area is 113 Å². The van der Waals surface area contributed by atoms with Crippen LogP contribution in [0.5, 0.6) is 5.75 Å². The highest BCUT2D eigenvalue weighted by Crippen LogP contribution is 2.29. The molecule has 1 aromatic rings. The van der Waals surface area contributed by atoms with Crippen LogP contribution in [0.15, 0.2) is 18.5 Å². The molecule has 100 valence electrons. The molecule has 0 aliphatic heterocycles. The first-order chi connectivity index (χ1) is 8.74. The maximum atomic E-state index is 5.88. The first kappa shape index (κ1) is 13.6. The van der Waals surface area contributed by atoms with E-state index in [9.17, 15) is 0 Å². The van der Waals surface area contributed by atoms with E-state index in [4.69, 9.17) is 21.1 Å². The predicted molar refractivity (Wildman–Crippen MR) is 71.2 cm³/mol. The largest absolute Gasteiger partial charge is 0.486 e. The van der Waals surface area contributed by atoms with Gasteiger partial charge in [-0.3, -0.25) is 4.98 Å². The lowest BCUT2D eigenvalue weighted by Crippen LogP contribution is -2.61. The topological polar surface area (TPSA) is 43.4 Å². The second-order valence-corrected chi connectivity index (χ2v) is 4.75. The summed E-state index contributed by atoms with van der Waals surface area (Å²) in [6.07, 6.45) is 4.40. The zero-order valence-corrected chi connectivity index (χ0v) is 11.5. The lowest BCUT2D eigenvalue weighted by molar-refractivity contribution is -0.104. The fourth-order valence-electron chi connectivity index (χ4n) is 2.21. The van der Waals surface area contributed by atoms with Gasteiger partial charge in [0.15, 0.2) is 0 Å². The Morgan fingerprint density at radius 1 is 1.44 bits per heavy atom. The molecule has 0 aromatic carbocycles. The van der Waals surface area contributed by atoms with Crippen molar-refractivity contribution < 1.29 is 9.47 Å². The number of rotatable bonds is 6. The normalized spacial score (nSPS) is 26.7. The summed E-state index contributed by atoms with van der Waals surface area (Å²) in [6.45, 7) is 5.73. The summed E-state index contributed by atoms with van der Waals surface area (Å²) < 4.78 is 11.6. The van der Waals surface area contributed by atoms with E-state index in [2.05, 4.69) is 17.2 Å². The average Bonchev–Trinajstić information content (AvgIpc) is 2.35. The average molecular weight is 271 g/mol. The van der Waals surface area contributed by atoms with Crippen molar-refractivity contribution in [3.8, 4) is 5.75 Å². The molecule has 18 heavy (non-hydrogen) atoms. The van der Waals surface area contributed by atoms with Gasteiger partial charge >= 0.3 is 0 Å². The predicted octanol–water partition coefficient (Wildman–Crippen LogP) is 2.27. The van der Waals surface area contributed by atoms with Crippen molar-refractivity contribution in [3.63, 3.8) is 0 Å². The number of hydrogen-bond donors (Lipinski definition) is 1. The maximum absolute atomic E-state index is 5.88. The van der Waals surface area contributed by atoms with Gasteiger partial charge in [-0.25, -0.2) is 0 Å². The van der Waals surface area contributed by atoms with Gasteiger partial charge in [-0.1, -0.05) is 18.5 Å². The molecule has 1 aromatic heterocycles. The van der Waals surface area contributed by atoms with Crippen LogP contribution in [0.25, 0.3) is 0 Å². The van der Waals surface area contributed by atoms with Crippen molar-refractivity contribution in [3.05, 3.63) is 23.5 Å². The minimum Gasteiger partial charge on any atom is -0.486 e. The SMILES string of the molecule is CCNC1CC(Oc2cncc(Cl)c2)C1OCC. The van der Waals surface area contributed by atoms with Gasteiger partial charge < -0.3 is 14.8 Å². The molecule has 1 fully saturated rings. The highest BCUT2D eigenvalue weighted by Gasteiger charge is 2.43. The standard InChI is InChI=1S/C13H19ClN2O2/c1-3-16-11-6-12(13(11)17-4-2)18-10-5-9(14)7-15-8-10/h5,7-8,11-13,16H,3-4,6H2,1-2H3. The van der Waals surface area contributed by atoms with Crippen molar-refractivity contribution >= 4 is 11.6 Å². The third kappa shape index (κ3) is 3.13. The van der Waals surface area contributed by atoms with Crippen LogP contribution in [0, 0.1) is 0 Å². The smallest absolute Gasteiger partial charge is 0.139 e. The van der Waals surface area contributed by atoms with E-state index in [1.165, 1.54) is 0 Å². The molecule has 0 amide bonds. The molecule has 3 atom stereocenters. The van der Waals surface area contributed by atoms with E-state index >= 15 is 0 Å². The van der Waals surface area contributed by atoms with E-state index < -0.39 is 0 Å². The fraction of sp³-hybridized carbons (Fsp3) is 0.615. The molecule has 1 aliphatic carbocycles. The summed E-state index contributed by atoms with van der Waals surface area (Å²) in [5.74, 6) is 0.701. The highest BCUT2D eigenvalue weighted by atomic mass is 35.5. The summed E-state index contributed by atoms with van der Waals surface area (Å²) in [7, 11) is 0. The van der Waals surface area contributed by atoms with Gasteiger partial charge in [-0.05, 0) is 13.5 Å². The molecule has 1 aliphatic rings. The molecule has 1 N–H and O–H groups in total. The second-order valence-electron chi connectivity index (χ2n) is 4.31. The van der Waals surface area contributed by atoms with Crippen molar-refractivity contribution in [1.82, 2.24) is 10.3 Å². The van der Waals surface area contributed by atoms with E-state index in [0.717, 1.165) is 13.0 Å². The third-order valence-electron chi connectivity index (χ3n) is 3.04. The molecule has 0 spiro atoms. The van der Waals surface area contributed by atoms with Crippen LogP contribution in [0.3, 0.4) is 0 Å². The molecule has 3 unspecified atom stereocenters. The lowest BCUT2D eigenvalue weighted by atomic mass is 9.85. The molecular weight excluding hydrogens is 252 g/mol. The number of nitrogens with zero attached hydrogens (tertiary/aromatic N) is 1. The van der Waals surface area contributed by atoms with E-state index in [1.807, 2.05) is 6.92 Å². The van der Waals surface area contributed by atoms with Crippen LogP contribution in [0.4, 0.5) is 0 Å². The minimum absolute atomic E-state index is 0.0780. The zero-order valence-electron chi connectivity index (χ0n) is 10.7. The number of nitrogens with one attached hydrogen (secondary N) is 1. The molecule has 0 bridgehead atoms. The fourth-order valence-corrected chi connectivity index (χ4v) is 2.37. The number of pyridine rings is 1. The van der Waals surface area contributed by atoms with Crippen LogP contribution in [0.2, 0.25) is 5.02 Å². The summed E-state index contributed by atoms with van der Waals surface area (Å²) in [5.41, 5.74) is 0. The quantitative estimate of drug-likeness (QED) is 0.861. The van der Waals surface area contributed by atoms with Crippen molar-refractivity contribution in [1.29, 1.82) is 0 Å². The van der Waals surface area contributed by atoms with Gasteiger partial charge in [0.2, 0.25) is 0 Å². The van der Waals surface area contributed by atoms with Gasteiger partial charge in [0, 0.05) is 31.3 Å². The molecule has 5 heteroatoms. The Morgan fingerprint density at radius 2 is 2.28 bits per heavy atom. The first-order valence-corrected chi connectivity index (χ1v) is 6.74. The van der Waals surface area contributed by atoms with Crippen LogP contribution in [-0.2, 0) is 4.74 Å². The van der Waals surface area contributed by atoms with Gasteiger partial charge in [-0.2, -0.15) is 0 Å². The third-order valence-corrected chi connectivity index (χ3v) is 3.25. The van der Waals surface area contributed by atoms with E-state index in [1.54, 1.807) is 18.5 Å². The molecule has 0 saturated heterocycles. The summed E-state index contributed by atoms with van der Waals surface area (Å²) in [4.78, 5) is 4.01. The summed E-state index contributed by atoms with van der Waals surface area (Å²) in [5, 5.41) is 3.98. The summed E-state index contributed by atoms with van der Waals surface area (Å²) >= 11 is 5.88. The van der Waals surface area contributed by atoms with Gasteiger partial charge in [0.25, 0.3) is 0 Å². The van der Waals surface area contributed by atoms with Crippen molar-refractivity contribution in [2.24, 2.45) is 0 Å².